The molecule has 2 N–H and O–H groups in total. The first-order valence-corrected chi connectivity index (χ1v) is 6.20. The number of carbonyl (C=O) groups is 3. The van der Waals surface area contributed by atoms with E-state index in [2.05, 4.69) is 10.1 Å². The molecule has 8 heteroatoms. The molecule has 1 rings (SSSR count). The van der Waals surface area contributed by atoms with E-state index in [1.54, 1.807) is 0 Å². The molecule has 1 aromatic rings. The smallest absolute Gasteiger partial charge is 0.407 e. The number of aliphatic carboxylic acids is 1. The first-order valence-electron chi connectivity index (χ1n) is 5.83. The third kappa shape index (κ3) is 4.64. The van der Waals surface area contributed by atoms with Crippen molar-refractivity contribution >= 4 is 29.4 Å². The van der Waals surface area contributed by atoms with Crippen LogP contribution in [0.4, 0.5) is 4.79 Å². The Morgan fingerprint density at radius 2 is 2.00 bits per heavy atom. The number of nitrogens with one attached hydrogen (secondary N) is 1. The summed E-state index contributed by atoms with van der Waals surface area (Å²) >= 11 is 5.90. The number of amides is 1. The lowest BCUT2D eigenvalue weighted by atomic mass is 10.0. The molecule has 1 aromatic carbocycles. The van der Waals surface area contributed by atoms with Gasteiger partial charge in [-0.25, -0.2) is 9.59 Å². The number of carboxylic acid groups (broad SMARTS) is 1. The molecule has 7 nitrogen and oxygen atoms in total. The average molecular weight is 316 g/mol. The zero-order valence-electron chi connectivity index (χ0n) is 11.4. The van der Waals surface area contributed by atoms with Gasteiger partial charge in [0.05, 0.1) is 19.2 Å². The summed E-state index contributed by atoms with van der Waals surface area (Å²) in [5.41, 5.74) is 0.221. The second kappa shape index (κ2) is 7.49. The van der Waals surface area contributed by atoms with Gasteiger partial charge >= 0.3 is 12.1 Å². The van der Waals surface area contributed by atoms with E-state index in [0.717, 1.165) is 7.11 Å². The van der Waals surface area contributed by atoms with E-state index in [9.17, 15) is 14.4 Å². The molecule has 0 heterocycles. The number of methoxy groups -OCH3 is 2. The van der Waals surface area contributed by atoms with Crippen LogP contribution in [0, 0.1) is 0 Å². The SMILES string of the molecule is COC(=O)NC(CC(=O)c1ccc(OC)c(Cl)c1)C(=O)O. The molecule has 0 aliphatic carbocycles. The number of carbonyl (C=O) groups excluding carboxylic acids is 2. The second-order valence-electron chi connectivity index (χ2n) is 4.00. The Hall–Kier alpha value is -2.28. The monoisotopic (exact) mass is 315 g/mol. The van der Waals surface area contributed by atoms with Gasteiger partial charge in [-0.1, -0.05) is 11.6 Å². The topological polar surface area (TPSA) is 102 Å². The molecule has 0 aromatic heterocycles. The van der Waals surface area contributed by atoms with Gasteiger partial charge in [0.15, 0.2) is 5.78 Å². The fourth-order valence-corrected chi connectivity index (χ4v) is 1.80. The maximum absolute atomic E-state index is 12.0. The van der Waals surface area contributed by atoms with Crippen molar-refractivity contribution in [2.24, 2.45) is 0 Å². The molecule has 0 radical (unpaired) electrons. The number of hydrogen-bond acceptors (Lipinski definition) is 5. The van der Waals surface area contributed by atoms with Crippen LogP contribution in [0.3, 0.4) is 0 Å². The minimum absolute atomic E-state index is 0.221. The van der Waals surface area contributed by atoms with Gasteiger partial charge in [0, 0.05) is 12.0 Å². The molecule has 0 spiro atoms. The van der Waals surface area contributed by atoms with Gasteiger partial charge in [-0.2, -0.15) is 0 Å². The summed E-state index contributed by atoms with van der Waals surface area (Å²) < 4.78 is 9.26. The zero-order valence-corrected chi connectivity index (χ0v) is 12.1. The van der Waals surface area contributed by atoms with Gasteiger partial charge in [0.1, 0.15) is 11.8 Å². The van der Waals surface area contributed by atoms with Crippen LogP contribution in [0.2, 0.25) is 5.02 Å². The van der Waals surface area contributed by atoms with Gasteiger partial charge in [0.25, 0.3) is 0 Å². The van der Waals surface area contributed by atoms with Crippen molar-refractivity contribution in [3.05, 3.63) is 28.8 Å². The van der Waals surface area contributed by atoms with Crippen molar-refractivity contribution in [1.29, 1.82) is 0 Å². The summed E-state index contributed by atoms with van der Waals surface area (Å²) in [5, 5.41) is 11.3. The standard InChI is InChI=1S/C13H14ClNO6/c1-20-11-4-3-7(5-8(11)14)10(16)6-9(12(17)18)15-13(19)21-2/h3-5,9H,6H2,1-2H3,(H,15,19)(H,17,18). The van der Waals surface area contributed by atoms with Crippen molar-refractivity contribution in [3.63, 3.8) is 0 Å². The van der Waals surface area contributed by atoms with E-state index in [4.69, 9.17) is 21.4 Å². The molecule has 0 saturated carbocycles. The Labute approximate surface area is 125 Å². The van der Waals surface area contributed by atoms with E-state index in [0.29, 0.717) is 5.75 Å². The molecule has 0 aliphatic rings. The van der Waals surface area contributed by atoms with Gasteiger partial charge in [-0.3, -0.25) is 4.79 Å². The fourth-order valence-electron chi connectivity index (χ4n) is 1.54. The highest BCUT2D eigenvalue weighted by atomic mass is 35.5. The third-order valence-corrected chi connectivity index (χ3v) is 2.93. The number of Topliss-reactive ketones (excluding diaryl/α,β-unsaturated/α-hetero) is 1. The number of benzene rings is 1. The van der Waals surface area contributed by atoms with Gasteiger partial charge in [-0.15, -0.1) is 0 Å². The largest absolute Gasteiger partial charge is 0.495 e. The van der Waals surface area contributed by atoms with Crippen LogP contribution in [0.5, 0.6) is 5.75 Å². The highest BCUT2D eigenvalue weighted by Gasteiger charge is 2.24. The number of alkyl carbamates (subject to hydrolysis) is 1. The normalized spacial score (nSPS) is 11.4. The minimum atomic E-state index is -1.38. The lowest BCUT2D eigenvalue weighted by Crippen LogP contribution is -2.42. The first-order chi connectivity index (χ1) is 9.88. The summed E-state index contributed by atoms with van der Waals surface area (Å²) in [4.78, 5) is 34.1. The Kier molecular flexibility index (Phi) is 5.98. The maximum Gasteiger partial charge on any atom is 0.407 e. The summed E-state index contributed by atoms with van der Waals surface area (Å²) in [6.07, 6.45) is -1.35. The highest BCUT2D eigenvalue weighted by molar-refractivity contribution is 6.32. The number of rotatable bonds is 6. The van der Waals surface area contributed by atoms with Crippen LogP contribution in [0.15, 0.2) is 18.2 Å². The molecular weight excluding hydrogens is 302 g/mol. The van der Waals surface area contributed by atoms with Crippen molar-refractivity contribution in [2.45, 2.75) is 12.5 Å². The Bertz CT molecular complexity index is 560. The van der Waals surface area contributed by atoms with E-state index < -0.39 is 30.3 Å². The fraction of sp³-hybridized carbons (Fsp3) is 0.308. The van der Waals surface area contributed by atoms with Crippen LogP contribution in [0.1, 0.15) is 16.8 Å². The lowest BCUT2D eigenvalue weighted by molar-refractivity contribution is -0.139. The molecule has 0 bridgehead atoms. The van der Waals surface area contributed by atoms with Crippen molar-refractivity contribution < 1.29 is 29.0 Å². The minimum Gasteiger partial charge on any atom is -0.495 e. The Balaban J connectivity index is 2.84. The van der Waals surface area contributed by atoms with E-state index in [1.165, 1.54) is 25.3 Å². The maximum atomic E-state index is 12.0. The molecule has 1 amide bonds. The summed E-state index contributed by atoms with van der Waals surface area (Å²) in [7, 11) is 2.53. The average Bonchev–Trinajstić information content (AvgIpc) is 2.45. The molecule has 0 saturated heterocycles. The first kappa shape index (κ1) is 16.8. The summed E-state index contributed by atoms with van der Waals surface area (Å²) in [6.45, 7) is 0. The van der Waals surface area contributed by atoms with Gasteiger partial charge < -0.3 is 19.9 Å². The van der Waals surface area contributed by atoms with Gasteiger partial charge in [-0.05, 0) is 18.2 Å². The van der Waals surface area contributed by atoms with Crippen LogP contribution in [-0.2, 0) is 9.53 Å². The second-order valence-corrected chi connectivity index (χ2v) is 4.41. The highest BCUT2D eigenvalue weighted by Crippen LogP contribution is 2.25. The summed E-state index contributed by atoms with van der Waals surface area (Å²) in [6, 6.07) is 2.95. The predicted octanol–water partition coefficient (Wildman–Crippen LogP) is 1.73. The van der Waals surface area contributed by atoms with Crippen molar-refractivity contribution in [1.82, 2.24) is 5.32 Å². The van der Waals surface area contributed by atoms with Crippen molar-refractivity contribution in [3.8, 4) is 5.75 Å². The van der Waals surface area contributed by atoms with E-state index in [1.807, 2.05) is 0 Å². The van der Waals surface area contributed by atoms with Gasteiger partial charge in [0.2, 0.25) is 0 Å². The van der Waals surface area contributed by atoms with Crippen LogP contribution in [0.25, 0.3) is 0 Å². The molecule has 0 fully saturated rings. The number of ether oxygens (including phenoxy) is 2. The van der Waals surface area contributed by atoms with E-state index >= 15 is 0 Å². The summed E-state index contributed by atoms with van der Waals surface area (Å²) in [5.74, 6) is -1.42. The molecule has 114 valence electrons. The van der Waals surface area contributed by atoms with Crippen LogP contribution >= 0.6 is 11.6 Å². The zero-order chi connectivity index (χ0) is 16.0. The number of hydrogen-bond donors (Lipinski definition) is 2. The number of carboxylic acids is 1. The van der Waals surface area contributed by atoms with Crippen LogP contribution in [-0.4, -0.2) is 43.2 Å². The molecule has 21 heavy (non-hydrogen) atoms. The molecule has 1 atom stereocenters. The quantitative estimate of drug-likeness (QED) is 0.775. The van der Waals surface area contributed by atoms with Crippen LogP contribution < -0.4 is 10.1 Å². The Morgan fingerprint density at radius 1 is 1.33 bits per heavy atom. The lowest BCUT2D eigenvalue weighted by Gasteiger charge is -2.13. The molecule has 1 unspecified atom stereocenters. The van der Waals surface area contributed by atoms with E-state index in [-0.39, 0.29) is 10.6 Å². The third-order valence-electron chi connectivity index (χ3n) is 2.64. The molecular formula is C13H14ClNO6. The number of halogens is 1. The predicted molar refractivity (Wildman–Crippen MR) is 73.9 cm³/mol. The Morgan fingerprint density at radius 3 is 2.48 bits per heavy atom. The molecule has 0 aliphatic heterocycles. The van der Waals surface area contributed by atoms with Crippen molar-refractivity contribution in [2.75, 3.05) is 14.2 Å². The number of ketones is 1.